The number of fused-ring (bicyclic) bond motifs is 12. The number of pyridine rings is 2. The molecule has 0 N–H and O–H groups in total. The van der Waals surface area contributed by atoms with Crippen molar-refractivity contribution in [2.45, 2.75) is 0 Å². The quantitative estimate of drug-likeness (QED) is 0.135. The molecule has 20 aromatic rings. The largest absolute Gasteiger partial charge is 0.309 e. The van der Waals surface area contributed by atoms with Crippen LogP contribution in [-0.4, -0.2) is 48.2 Å². The molecule has 0 spiro atoms. The maximum atomic E-state index is 5.19. The molecule has 20 rings (SSSR count). The molecule has 0 fully saturated rings. The lowest BCUT2D eigenvalue weighted by atomic mass is 10.0. The van der Waals surface area contributed by atoms with E-state index in [2.05, 4.69) is 307 Å². The molecule has 0 unspecified atom stereocenters. The fourth-order valence-electron chi connectivity index (χ4n) is 14.7. The Hall–Kier alpha value is -13.7. The molecule has 8 heterocycles. The van der Waals surface area contributed by atoms with Crippen molar-refractivity contribution in [1.29, 1.82) is 0 Å². The molecule has 100 heavy (non-hydrogen) atoms. The van der Waals surface area contributed by atoms with E-state index in [1.165, 1.54) is 81.8 Å². The van der Waals surface area contributed by atoms with Crippen molar-refractivity contribution in [3.63, 3.8) is 0 Å². The van der Waals surface area contributed by atoms with E-state index in [0.29, 0.717) is 11.6 Å². The highest BCUT2D eigenvalue weighted by atomic mass is 15.1. The van der Waals surface area contributed by atoms with Gasteiger partial charge in [-0.15, -0.1) is 0 Å². The first-order valence-corrected chi connectivity index (χ1v) is 33.6. The smallest absolute Gasteiger partial charge is 0.162 e. The van der Waals surface area contributed by atoms with Crippen molar-refractivity contribution in [3.05, 3.63) is 352 Å². The second kappa shape index (κ2) is 24.2. The van der Waals surface area contributed by atoms with Gasteiger partial charge in [-0.2, -0.15) is 0 Å². The zero-order chi connectivity index (χ0) is 66.0. The Kier molecular flexibility index (Phi) is 14.0. The van der Waals surface area contributed by atoms with Crippen LogP contribution in [0.1, 0.15) is 0 Å². The zero-order valence-corrected chi connectivity index (χ0v) is 54.0. The van der Waals surface area contributed by atoms with Gasteiger partial charge in [0.1, 0.15) is 11.6 Å². The van der Waals surface area contributed by atoms with Crippen LogP contribution in [0.15, 0.2) is 352 Å². The van der Waals surface area contributed by atoms with Crippen molar-refractivity contribution >= 4 is 87.2 Å². The SMILES string of the molecule is c1ccc(-c2cc(-n3c4ccccc4c4cc(-c5ccc6c(c5)c5ccccc5n6-c5ccccc5)ccc43)nc(-c3ccccc3)n2)cc1.c1ccc(-n2c3ccccc3c3cc(-c4ccc5c(c4)c4ccccc4n5-c4cc(-c5ccncc5)nc(-c5ccncc5)n4)ccc32)cc1. The fraction of sp³-hybridized carbons (Fsp3) is 0. The summed E-state index contributed by atoms with van der Waals surface area (Å²) in [5, 5.41) is 9.67. The third kappa shape index (κ3) is 9.96. The monoisotopic (exact) mass is 1280 g/mol. The number of para-hydroxylation sites is 6. The van der Waals surface area contributed by atoms with Gasteiger partial charge in [0.05, 0.1) is 55.5 Å². The normalized spacial score (nSPS) is 11.6. The molecular formula is C90H58N10. The van der Waals surface area contributed by atoms with E-state index in [9.17, 15) is 0 Å². The lowest BCUT2D eigenvalue weighted by Gasteiger charge is -2.12. The molecular weight excluding hydrogens is 1220 g/mol. The minimum atomic E-state index is 0.641. The Morgan fingerprint density at radius 1 is 0.180 bits per heavy atom. The van der Waals surface area contributed by atoms with E-state index in [1.807, 2.05) is 48.5 Å². The van der Waals surface area contributed by atoms with Crippen LogP contribution in [0.4, 0.5) is 0 Å². The zero-order valence-electron chi connectivity index (χ0n) is 54.0. The van der Waals surface area contributed by atoms with Crippen molar-refractivity contribution in [3.8, 4) is 90.6 Å². The van der Waals surface area contributed by atoms with Crippen LogP contribution in [0.2, 0.25) is 0 Å². The van der Waals surface area contributed by atoms with Crippen LogP contribution in [0.25, 0.3) is 178 Å². The van der Waals surface area contributed by atoms with Gasteiger partial charge in [0.2, 0.25) is 0 Å². The maximum Gasteiger partial charge on any atom is 0.162 e. The van der Waals surface area contributed by atoms with Gasteiger partial charge in [-0.25, -0.2) is 19.9 Å². The predicted molar refractivity (Wildman–Crippen MR) is 410 cm³/mol. The summed E-state index contributed by atoms with van der Waals surface area (Å²) in [6, 6.07) is 116. The average Bonchev–Trinajstić information content (AvgIpc) is 1.57. The molecule has 0 aliphatic heterocycles. The average molecular weight is 1280 g/mol. The van der Waals surface area contributed by atoms with E-state index in [1.54, 1.807) is 24.8 Å². The molecule has 0 aliphatic carbocycles. The Bertz CT molecular complexity index is 5990. The van der Waals surface area contributed by atoms with Crippen LogP contribution >= 0.6 is 0 Å². The second-order valence-electron chi connectivity index (χ2n) is 25.1. The first kappa shape index (κ1) is 57.7. The standard InChI is InChI=1S/C46H30N4.C44H28N6/c1-4-14-31(15-5-1)40-30-45(48-46(47-40)32-16-6-2-7-17-32)50-42-23-13-11-21-37(42)39-29-34(25-27-44(39)50)33-24-26-43-38(28-33)36-20-10-12-22-41(36)49(43)35-18-8-3-9-19-35;1-2-8-33(9-3-1)49-39-12-6-4-10-34(39)36-26-31(14-16-41(36)49)32-15-17-42-37(27-32)35-11-5-7-13-40(35)50(42)43-28-38(29-18-22-45-23-19-29)47-44(48-43)30-20-24-46-25-21-30/h1-30H;1-28H. The van der Waals surface area contributed by atoms with Crippen molar-refractivity contribution < 1.29 is 0 Å². The first-order chi connectivity index (χ1) is 49.6. The third-order valence-corrected chi connectivity index (χ3v) is 19.3. The van der Waals surface area contributed by atoms with Gasteiger partial charge < -0.3 is 9.13 Å². The number of benzene rings is 12. The lowest BCUT2D eigenvalue weighted by Crippen LogP contribution is -2.02. The van der Waals surface area contributed by atoms with Gasteiger partial charge >= 0.3 is 0 Å². The lowest BCUT2D eigenvalue weighted by molar-refractivity contribution is 1.05. The van der Waals surface area contributed by atoms with Crippen LogP contribution in [0, 0.1) is 0 Å². The van der Waals surface area contributed by atoms with Gasteiger partial charge in [-0.1, -0.05) is 194 Å². The molecule has 0 aliphatic rings. The Balaban J connectivity index is 0.000000139. The number of nitrogens with zero attached hydrogens (tertiary/aromatic N) is 10. The molecule has 10 heteroatoms. The minimum absolute atomic E-state index is 0.641. The molecule has 12 aromatic carbocycles. The molecule has 0 amide bonds. The second-order valence-corrected chi connectivity index (χ2v) is 25.1. The van der Waals surface area contributed by atoms with Crippen molar-refractivity contribution in [2.75, 3.05) is 0 Å². The summed E-state index contributed by atoms with van der Waals surface area (Å²) in [6.07, 6.45) is 7.14. The first-order valence-electron chi connectivity index (χ1n) is 33.6. The molecule has 10 nitrogen and oxygen atoms in total. The molecule has 0 atom stereocenters. The predicted octanol–water partition coefficient (Wildman–Crippen LogP) is 22.1. The molecule has 8 aromatic heterocycles. The molecule has 0 saturated carbocycles. The van der Waals surface area contributed by atoms with Gasteiger partial charge in [0, 0.05) is 114 Å². The van der Waals surface area contributed by atoms with Crippen molar-refractivity contribution in [1.82, 2.24) is 48.2 Å². The Morgan fingerprint density at radius 2 is 0.450 bits per heavy atom. The summed E-state index contributed by atoms with van der Waals surface area (Å²) in [5.74, 6) is 2.98. The highest BCUT2D eigenvalue weighted by Gasteiger charge is 2.22. The summed E-state index contributed by atoms with van der Waals surface area (Å²) in [7, 11) is 0. The topological polar surface area (TPSA) is 97.1 Å². The van der Waals surface area contributed by atoms with Crippen LogP contribution in [-0.2, 0) is 0 Å². The summed E-state index contributed by atoms with van der Waals surface area (Å²) >= 11 is 0. The summed E-state index contributed by atoms with van der Waals surface area (Å²) in [4.78, 5) is 28.8. The summed E-state index contributed by atoms with van der Waals surface area (Å²) in [5.41, 5.74) is 21.8. The number of aromatic nitrogens is 10. The molecule has 0 saturated heterocycles. The van der Waals surface area contributed by atoms with Gasteiger partial charge in [-0.3, -0.25) is 19.1 Å². The van der Waals surface area contributed by atoms with Gasteiger partial charge in [0.15, 0.2) is 11.6 Å². The minimum Gasteiger partial charge on any atom is -0.309 e. The fourth-order valence-corrected chi connectivity index (χ4v) is 14.7. The van der Waals surface area contributed by atoms with Crippen LogP contribution < -0.4 is 0 Å². The summed E-state index contributed by atoms with van der Waals surface area (Å²) in [6.45, 7) is 0. The number of hydrogen-bond acceptors (Lipinski definition) is 6. The van der Waals surface area contributed by atoms with E-state index in [-0.39, 0.29) is 0 Å². The van der Waals surface area contributed by atoms with E-state index in [0.717, 1.165) is 84.3 Å². The highest BCUT2D eigenvalue weighted by molar-refractivity contribution is 6.15. The Morgan fingerprint density at radius 3 is 0.820 bits per heavy atom. The number of rotatable bonds is 10. The van der Waals surface area contributed by atoms with E-state index in [4.69, 9.17) is 19.9 Å². The Labute approximate surface area is 575 Å². The molecule has 0 radical (unpaired) electrons. The summed E-state index contributed by atoms with van der Waals surface area (Å²) < 4.78 is 9.25. The van der Waals surface area contributed by atoms with E-state index < -0.39 is 0 Å². The van der Waals surface area contributed by atoms with E-state index >= 15 is 0 Å². The van der Waals surface area contributed by atoms with Gasteiger partial charge in [0.25, 0.3) is 0 Å². The highest BCUT2D eigenvalue weighted by Crippen LogP contribution is 2.42. The number of hydrogen-bond donors (Lipinski definition) is 0. The van der Waals surface area contributed by atoms with Gasteiger partial charge in [-0.05, 0) is 144 Å². The van der Waals surface area contributed by atoms with Crippen molar-refractivity contribution in [2.24, 2.45) is 0 Å². The maximum absolute atomic E-state index is 5.19. The van der Waals surface area contributed by atoms with Crippen LogP contribution in [0.5, 0.6) is 0 Å². The third-order valence-electron chi connectivity index (χ3n) is 19.3. The molecule has 468 valence electrons. The molecule has 0 bridgehead atoms. The van der Waals surface area contributed by atoms with Crippen LogP contribution in [0.3, 0.4) is 0 Å².